The second-order valence-corrected chi connectivity index (χ2v) is 11.0. The molecule has 0 aliphatic carbocycles. The van der Waals surface area contributed by atoms with Crippen molar-refractivity contribution in [2.75, 3.05) is 23.0 Å². The Bertz CT molecular complexity index is 1550. The van der Waals surface area contributed by atoms with Crippen molar-refractivity contribution >= 4 is 38.7 Å². The van der Waals surface area contributed by atoms with Crippen LogP contribution in [0.4, 0.5) is 11.4 Å². The Morgan fingerprint density at radius 1 is 1.03 bits per heavy atom. The molecule has 3 heterocycles. The summed E-state index contributed by atoms with van der Waals surface area (Å²) in [4.78, 5) is 6.70. The zero-order valence-corrected chi connectivity index (χ0v) is 22.3. The SMILES string of the molecule is COc1cccc(-n2cccc2[C@@H]2[C@H](c3ccccn3)NC(=S)N2c2ccc(NS(C)(=O)=O)c(C)c2)c1. The quantitative estimate of drug-likeness (QED) is 0.332. The van der Waals surface area contributed by atoms with Crippen LogP contribution in [0.2, 0.25) is 0 Å². The van der Waals surface area contributed by atoms with Crippen LogP contribution in [0.3, 0.4) is 0 Å². The molecule has 2 atom stereocenters. The normalized spacial score (nSPS) is 17.5. The van der Waals surface area contributed by atoms with Crippen molar-refractivity contribution in [3.8, 4) is 11.4 Å². The number of thiocarbonyl (C=S) groups is 1. The van der Waals surface area contributed by atoms with Crippen molar-refractivity contribution in [2.24, 2.45) is 0 Å². The Morgan fingerprint density at radius 2 is 1.86 bits per heavy atom. The lowest BCUT2D eigenvalue weighted by Crippen LogP contribution is -2.30. The highest BCUT2D eigenvalue weighted by atomic mass is 32.2. The molecule has 10 heteroatoms. The van der Waals surface area contributed by atoms with Crippen LogP contribution < -0.4 is 19.7 Å². The van der Waals surface area contributed by atoms with E-state index in [0.717, 1.165) is 40.3 Å². The number of ether oxygens (including phenoxy) is 1. The number of nitrogens with zero attached hydrogens (tertiary/aromatic N) is 3. The van der Waals surface area contributed by atoms with E-state index in [4.69, 9.17) is 17.0 Å². The predicted molar refractivity (Wildman–Crippen MR) is 150 cm³/mol. The van der Waals surface area contributed by atoms with Gasteiger partial charge in [-0.15, -0.1) is 0 Å². The predicted octanol–water partition coefficient (Wildman–Crippen LogP) is 4.74. The molecule has 2 N–H and O–H groups in total. The summed E-state index contributed by atoms with van der Waals surface area (Å²) in [6.45, 7) is 1.87. The van der Waals surface area contributed by atoms with Gasteiger partial charge in [-0.2, -0.15) is 0 Å². The van der Waals surface area contributed by atoms with Crippen molar-refractivity contribution in [1.82, 2.24) is 14.9 Å². The van der Waals surface area contributed by atoms with Gasteiger partial charge in [0.15, 0.2) is 5.11 Å². The van der Waals surface area contributed by atoms with Crippen LogP contribution in [0.15, 0.2) is 85.2 Å². The number of benzene rings is 2. The van der Waals surface area contributed by atoms with Crippen LogP contribution in [-0.2, 0) is 10.0 Å². The van der Waals surface area contributed by atoms with E-state index in [-0.39, 0.29) is 12.1 Å². The van der Waals surface area contributed by atoms with Gasteiger partial charge in [-0.1, -0.05) is 12.1 Å². The maximum Gasteiger partial charge on any atom is 0.229 e. The van der Waals surface area contributed by atoms with Crippen molar-refractivity contribution in [3.63, 3.8) is 0 Å². The maximum atomic E-state index is 11.8. The highest BCUT2D eigenvalue weighted by Gasteiger charge is 2.42. The molecule has 0 spiro atoms. The fourth-order valence-electron chi connectivity index (χ4n) is 4.68. The maximum absolute atomic E-state index is 11.8. The average Bonchev–Trinajstić information content (AvgIpc) is 3.49. The zero-order chi connectivity index (χ0) is 26.2. The summed E-state index contributed by atoms with van der Waals surface area (Å²) in [5.74, 6) is 0.764. The molecule has 1 fully saturated rings. The number of anilines is 2. The van der Waals surface area contributed by atoms with Gasteiger partial charge in [0, 0.05) is 35.5 Å². The van der Waals surface area contributed by atoms with Crippen molar-refractivity contribution < 1.29 is 13.2 Å². The molecule has 1 aliphatic heterocycles. The molecule has 2 aromatic carbocycles. The summed E-state index contributed by atoms with van der Waals surface area (Å²) in [6.07, 6.45) is 4.93. The summed E-state index contributed by atoms with van der Waals surface area (Å²) in [7, 11) is -1.75. The lowest BCUT2D eigenvalue weighted by Gasteiger charge is -2.29. The van der Waals surface area contributed by atoms with Gasteiger partial charge in [-0.3, -0.25) is 9.71 Å². The fourth-order valence-corrected chi connectivity index (χ4v) is 5.65. The molecule has 0 amide bonds. The van der Waals surface area contributed by atoms with Crippen LogP contribution in [0, 0.1) is 6.92 Å². The third kappa shape index (κ3) is 5.03. The van der Waals surface area contributed by atoms with Gasteiger partial charge in [0.05, 0.1) is 30.8 Å². The largest absolute Gasteiger partial charge is 0.497 e. The second-order valence-electron chi connectivity index (χ2n) is 8.87. The molecule has 190 valence electrons. The molecule has 0 radical (unpaired) electrons. The third-order valence-corrected chi connectivity index (χ3v) is 7.20. The zero-order valence-electron chi connectivity index (χ0n) is 20.6. The first kappa shape index (κ1) is 24.8. The summed E-state index contributed by atoms with van der Waals surface area (Å²) in [5.41, 5.74) is 4.99. The number of hydrogen-bond acceptors (Lipinski definition) is 5. The number of aryl methyl sites for hydroxylation is 1. The highest BCUT2D eigenvalue weighted by Crippen LogP contribution is 2.43. The number of nitrogens with one attached hydrogen (secondary N) is 2. The molecule has 1 aliphatic rings. The Labute approximate surface area is 222 Å². The number of pyridine rings is 1. The minimum absolute atomic E-state index is 0.220. The van der Waals surface area contributed by atoms with E-state index in [1.54, 1.807) is 19.4 Å². The van der Waals surface area contributed by atoms with E-state index in [1.807, 2.05) is 73.8 Å². The summed E-state index contributed by atoms with van der Waals surface area (Å²) in [5, 5.41) is 4.03. The average molecular weight is 534 g/mol. The number of methoxy groups -OCH3 is 1. The monoisotopic (exact) mass is 533 g/mol. The molecular formula is C27H27N5O3S2. The Balaban J connectivity index is 1.63. The fraction of sp³-hybridized carbons (Fsp3) is 0.185. The summed E-state index contributed by atoms with van der Waals surface area (Å²) < 4.78 is 33.8. The van der Waals surface area contributed by atoms with E-state index in [2.05, 4.69) is 30.6 Å². The first-order chi connectivity index (χ1) is 17.7. The minimum Gasteiger partial charge on any atom is -0.497 e. The van der Waals surface area contributed by atoms with E-state index in [9.17, 15) is 8.42 Å². The van der Waals surface area contributed by atoms with Gasteiger partial charge in [0.25, 0.3) is 0 Å². The van der Waals surface area contributed by atoms with E-state index in [0.29, 0.717) is 10.8 Å². The number of rotatable bonds is 7. The van der Waals surface area contributed by atoms with E-state index < -0.39 is 10.0 Å². The lowest BCUT2D eigenvalue weighted by molar-refractivity contribution is 0.414. The first-order valence-electron chi connectivity index (χ1n) is 11.7. The van der Waals surface area contributed by atoms with Gasteiger partial charge < -0.3 is 19.5 Å². The van der Waals surface area contributed by atoms with Crippen LogP contribution in [0.25, 0.3) is 5.69 Å². The number of sulfonamides is 1. The number of hydrogen-bond donors (Lipinski definition) is 2. The van der Waals surface area contributed by atoms with Crippen LogP contribution in [0.5, 0.6) is 5.75 Å². The van der Waals surface area contributed by atoms with Crippen LogP contribution in [0.1, 0.15) is 29.0 Å². The van der Waals surface area contributed by atoms with Crippen molar-refractivity contribution in [3.05, 3.63) is 102 Å². The smallest absolute Gasteiger partial charge is 0.229 e. The number of aromatic nitrogens is 2. The van der Waals surface area contributed by atoms with E-state index >= 15 is 0 Å². The minimum atomic E-state index is -3.40. The van der Waals surface area contributed by atoms with Crippen LogP contribution >= 0.6 is 12.2 Å². The first-order valence-corrected chi connectivity index (χ1v) is 14.0. The van der Waals surface area contributed by atoms with Gasteiger partial charge >= 0.3 is 0 Å². The lowest BCUT2D eigenvalue weighted by atomic mass is 10.0. The molecule has 1 saturated heterocycles. The van der Waals surface area contributed by atoms with Gasteiger partial charge in [-0.05, 0) is 79.3 Å². The van der Waals surface area contributed by atoms with E-state index in [1.165, 1.54) is 0 Å². The molecule has 2 aromatic heterocycles. The molecule has 5 rings (SSSR count). The summed E-state index contributed by atoms with van der Waals surface area (Å²) >= 11 is 5.86. The topological polar surface area (TPSA) is 88.5 Å². The molecule has 8 nitrogen and oxygen atoms in total. The highest BCUT2D eigenvalue weighted by molar-refractivity contribution is 7.92. The Hall–Kier alpha value is -3.89. The van der Waals surface area contributed by atoms with Gasteiger partial charge in [-0.25, -0.2) is 8.42 Å². The van der Waals surface area contributed by atoms with Gasteiger partial charge in [0.1, 0.15) is 11.8 Å². The van der Waals surface area contributed by atoms with Crippen molar-refractivity contribution in [2.45, 2.75) is 19.0 Å². The molecule has 4 aromatic rings. The summed E-state index contributed by atoms with van der Waals surface area (Å²) in [6, 6.07) is 22.9. The molecule has 0 unspecified atom stereocenters. The standard InChI is InChI=1S/C27H27N5O3S2/c1-18-16-20(12-13-22(18)30-37(3,33)34)32-26(25(29-27(32)36)23-10-4-5-14-28-23)24-11-7-15-31(24)19-8-6-9-21(17-19)35-2/h4-17,25-26,30H,1-3H3,(H,29,36)/t25-,26+/m0/s1. The van der Waals surface area contributed by atoms with Crippen molar-refractivity contribution in [1.29, 1.82) is 0 Å². The third-order valence-electron chi connectivity index (χ3n) is 6.30. The Morgan fingerprint density at radius 3 is 2.57 bits per heavy atom. The van der Waals surface area contributed by atoms with Crippen LogP contribution in [-0.4, -0.2) is 36.4 Å². The second kappa shape index (κ2) is 9.87. The molecular weight excluding hydrogens is 506 g/mol. The Kier molecular flexibility index (Phi) is 6.61. The molecule has 37 heavy (non-hydrogen) atoms. The van der Waals surface area contributed by atoms with Gasteiger partial charge in [0.2, 0.25) is 10.0 Å². The molecule has 0 saturated carbocycles. The molecule has 0 bridgehead atoms.